The van der Waals surface area contributed by atoms with Gasteiger partial charge in [-0.1, -0.05) is 6.92 Å². The highest BCUT2D eigenvalue weighted by Crippen LogP contribution is 2.42. The first-order valence-corrected chi connectivity index (χ1v) is 9.62. The van der Waals surface area contributed by atoms with Crippen molar-refractivity contribution < 1.29 is 9.72 Å². The second kappa shape index (κ2) is 7.83. The Balaban J connectivity index is 1.67. The van der Waals surface area contributed by atoms with Crippen LogP contribution in [-0.4, -0.2) is 25.6 Å². The fourth-order valence-corrected chi connectivity index (χ4v) is 3.39. The number of amides is 1. The number of nitrogens with zero attached hydrogens (tertiary/aromatic N) is 4. The lowest BCUT2D eigenvalue weighted by Gasteiger charge is -2.09. The van der Waals surface area contributed by atoms with Gasteiger partial charge in [-0.3, -0.25) is 19.9 Å². The van der Waals surface area contributed by atoms with Crippen LogP contribution in [0.5, 0.6) is 0 Å². The maximum atomic E-state index is 13.1. The van der Waals surface area contributed by atoms with E-state index in [4.69, 9.17) is 5.10 Å². The Morgan fingerprint density at radius 3 is 2.48 bits per heavy atom. The standard InChI is InChI=1S/C21H21N5O3/c1-2-18-19(21(27)23-13-14-9-11-22-12-10-14)20(15-3-4-15)24-25(18)16-5-7-17(8-6-16)26(28)29/h5-12,15H,2-4,13H2,1H3,(H,23,27). The summed E-state index contributed by atoms with van der Waals surface area (Å²) in [5.41, 5.74) is 3.96. The van der Waals surface area contributed by atoms with E-state index in [1.807, 2.05) is 19.1 Å². The molecule has 0 spiro atoms. The van der Waals surface area contributed by atoms with Crippen LogP contribution in [0, 0.1) is 10.1 Å². The summed E-state index contributed by atoms with van der Waals surface area (Å²) in [6.07, 6.45) is 6.05. The first kappa shape index (κ1) is 18.8. The molecule has 0 unspecified atom stereocenters. The quantitative estimate of drug-likeness (QED) is 0.490. The zero-order valence-electron chi connectivity index (χ0n) is 16.0. The molecule has 1 aliphatic carbocycles. The molecule has 0 bridgehead atoms. The molecule has 2 aromatic heterocycles. The Morgan fingerprint density at radius 2 is 1.90 bits per heavy atom. The summed E-state index contributed by atoms with van der Waals surface area (Å²) >= 11 is 0. The Hall–Kier alpha value is -3.55. The van der Waals surface area contributed by atoms with Crippen molar-refractivity contribution in [1.82, 2.24) is 20.1 Å². The number of carbonyl (C=O) groups excluding carboxylic acids is 1. The van der Waals surface area contributed by atoms with Gasteiger partial charge in [-0.2, -0.15) is 5.10 Å². The summed E-state index contributed by atoms with van der Waals surface area (Å²) in [7, 11) is 0. The number of carbonyl (C=O) groups is 1. The molecule has 0 atom stereocenters. The highest BCUT2D eigenvalue weighted by atomic mass is 16.6. The third-order valence-corrected chi connectivity index (χ3v) is 5.04. The van der Waals surface area contributed by atoms with Crippen LogP contribution in [0.4, 0.5) is 5.69 Å². The number of rotatable bonds is 7. The zero-order valence-corrected chi connectivity index (χ0v) is 16.0. The van der Waals surface area contributed by atoms with E-state index in [0.717, 1.165) is 29.8 Å². The van der Waals surface area contributed by atoms with E-state index in [9.17, 15) is 14.9 Å². The van der Waals surface area contributed by atoms with Gasteiger partial charge in [-0.25, -0.2) is 4.68 Å². The second-order valence-corrected chi connectivity index (χ2v) is 7.06. The largest absolute Gasteiger partial charge is 0.348 e. The minimum absolute atomic E-state index is 0.0247. The molecule has 1 saturated carbocycles. The van der Waals surface area contributed by atoms with Crippen LogP contribution in [0.25, 0.3) is 5.69 Å². The molecule has 8 heteroatoms. The normalized spacial score (nSPS) is 13.3. The molecule has 3 aromatic rings. The van der Waals surface area contributed by atoms with Gasteiger partial charge < -0.3 is 5.32 Å². The van der Waals surface area contributed by atoms with Gasteiger partial charge >= 0.3 is 0 Å². The van der Waals surface area contributed by atoms with E-state index in [0.29, 0.717) is 30.1 Å². The van der Waals surface area contributed by atoms with E-state index < -0.39 is 4.92 Å². The summed E-state index contributed by atoms with van der Waals surface area (Å²) in [5, 5.41) is 18.7. The van der Waals surface area contributed by atoms with Crippen molar-refractivity contribution in [1.29, 1.82) is 0 Å². The summed E-state index contributed by atoms with van der Waals surface area (Å²) in [5.74, 6) is 0.148. The van der Waals surface area contributed by atoms with Crippen molar-refractivity contribution in [2.24, 2.45) is 0 Å². The smallest absolute Gasteiger partial charge is 0.269 e. The Morgan fingerprint density at radius 1 is 1.21 bits per heavy atom. The van der Waals surface area contributed by atoms with Gasteiger partial charge in [0.05, 0.1) is 27.6 Å². The summed E-state index contributed by atoms with van der Waals surface area (Å²) in [6, 6.07) is 9.97. The van der Waals surface area contributed by atoms with Gasteiger partial charge in [0.2, 0.25) is 0 Å². The molecule has 1 amide bonds. The van der Waals surface area contributed by atoms with Gasteiger partial charge in [0.25, 0.3) is 11.6 Å². The van der Waals surface area contributed by atoms with E-state index >= 15 is 0 Å². The molecular formula is C21H21N5O3. The van der Waals surface area contributed by atoms with E-state index in [-0.39, 0.29) is 11.6 Å². The number of nitro benzene ring substituents is 1. The Bertz CT molecular complexity index is 1040. The predicted molar refractivity (Wildman–Crippen MR) is 107 cm³/mol. The number of nitrogens with one attached hydrogen (secondary N) is 1. The van der Waals surface area contributed by atoms with Crippen molar-refractivity contribution in [3.05, 3.63) is 81.4 Å². The molecular weight excluding hydrogens is 370 g/mol. The van der Waals surface area contributed by atoms with Crippen LogP contribution in [0.1, 0.15) is 53.0 Å². The molecule has 2 heterocycles. The van der Waals surface area contributed by atoms with Crippen molar-refractivity contribution in [2.45, 2.75) is 38.6 Å². The van der Waals surface area contributed by atoms with Crippen molar-refractivity contribution >= 4 is 11.6 Å². The van der Waals surface area contributed by atoms with Gasteiger partial charge in [0.1, 0.15) is 0 Å². The monoisotopic (exact) mass is 391 g/mol. The predicted octanol–water partition coefficient (Wildman–Crippen LogP) is 3.55. The molecule has 148 valence electrons. The molecule has 29 heavy (non-hydrogen) atoms. The second-order valence-electron chi connectivity index (χ2n) is 7.06. The number of non-ortho nitro benzene ring substituents is 1. The van der Waals surface area contributed by atoms with Crippen LogP contribution in [0.15, 0.2) is 48.8 Å². The fraction of sp³-hybridized carbons (Fsp3) is 0.286. The van der Waals surface area contributed by atoms with Crippen molar-refractivity contribution in [2.75, 3.05) is 0 Å². The third-order valence-electron chi connectivity index (χ3n) is 5.04. The number of hydrogen-bond acceptors (Lipinski definition) is 5. The highest BCUT2D eigenvalue weighted by Gasteiger charge is 2.34. The fourth-order valence-electron chi connectivity index (χ4n) is 3.39. The molecule has 4 rings (SSSR count). The molecule has 8 nitrogen and oxygen atoms in total. The molecule has 1 fully saturated rings. The van der Waals surface area contributed by atoms with Crippen LogP contribution >= 0.6 is 0 Å². The maximum Gasteiger partial charge on any atom is 0.269 e. The number of nitro groups is 1. The molecule has 0 aliphatic heterocycles. The summed E-state index contributed by atoms with van der Waals surface area (Å²) in [4.78, 5) is 27.6. The third kappa shape index (κ3) is 3.87. The van der Waals surface area contributed by atoms with Gasteiger partial charge in [-0.05, 0) is 49.1 Å². The van der Waals surface area contributed by atoms with Crippen LogP contribution in [0.3, 0.4) is 0 Å². The minimum Gasteiger partial charge on any atom is -0.348 e. The number of benzene rings is 1. The van der Waals surface area contributed by atoms with E-state index in [1.165, 1.54) is 12.1 Å². The molecule has 0 saturated heterocycles. The van der Waals surface area contributed by atoms with Crippen LogP contribution in [-0.2, 0) is 13.0 Å². The topological polar surface area (TPSA) is 103 Å². The van der Waals surface area contributed by atoms with Crippen molar-refractivity contribution in [3.63, 3.8) is 0 Å². The van der Waals surface area contributed by atoms with E-state index in [1.54, 1.807) is 29.2 Å². The summed E-state index contributed by atoms with van der Waals surface area (Å²) in [6.45, 7) is 2.40. The average molecular weight is 391 g/mol. The molecule has 1 aromatic carbocycles. The lowest BCUT2D eigenvalue weighted by molar-refractivity contribution is -0.384. The highest BCUT2D eigenvalue weighted by molar-refractivity contribution is 5.97. The first-order chi connectivity index (χ1) is 14.1. The van der Waals surface area contributed by atoms with Crippen LogP contribution < -0.4 is 5.32 Å². The van der Waals surface area contributed by atoms with Gasteiger partial charge in [0.15, 0.2) is 0 Å². The van der Waals surface area contributed by atoms with E-state index in [2.05, 4.69) is 10.3 Å². The number of pyridine rings is 1. The molecule has 1 N–H and O–H groups in total. The zero-order chi connectivity index (χ0) is 20.4. The Kier molecular flexibility index (Phi) is 5.07. The maximum absolute atomic E-state index is 13.1. The van der Waals surface area contributed by atoms with Gasteiger partial charge in [-0.15, -0.1) is 0 Å². The Labute approximate surface area is 167 Å². The van der Waals surface area contributed by atoms with Gasteiger partial charge in [0, 0.05) is 37.0 Å². The lowest BCUT2D eigenvalue weighted by atomic mass is 10.1. The first-order valence-electron chi connectivity index (χ1n) is 9.62. The summed E-state index contributed by atoms with van der Waals surface area (Å²) < 4.78 is 1.75. The lowest BCUT2D eigenvalue weighted by Crippen LogP contribution is -2.24. The number of aromatic nitrogens is 3. The van der Waals surface area contributed by atoms with Crippen molar-refractivity contribution in [3.8, 4) is 5.69 Å². The minimum atomic E-state index is -0.429. The average Bonchev–Trinajstić information content (AvgIpc) is 3.52. The van der Waals surface area contributed by atoms with Crippen LogP contribution in [0.2, 0.25) is 0 Å². The molecule has 0 radical (unpaired) electrons. The SMILES string of the molecule is CCc1c(C(=O)NCc2ccncc2)c(C2CC2)nn1-c1ccc([N+](=O)[O-])cc1. The molecule has 1 aliphatic rings. The number of hydrogen-bond donors (Lipinski definition) is 1.